The zero-order valence-electron chi connectivity index (χ0n) is 9.75. The number of hydrogen-bond acceptors (Lipinski definition) is 4. The summed E-state index contributed by atoms with van der Waals surface area (Å²) in [5.41, 5.74) is -1.86. The van der Waals surface area contributed by atoms with Crippen LogP contribution in [0.2, 0.25) is 0 Å². The van der Waals surface area contributed by atoms with E-state index in [4.69, 9.17) is 0 Å². The number of β-amino-alcohol motifs (C(OH)–C–C–N with tert-alkyl or cyclic N) is 1. The number of alkyl halides is 3. The molecule has 0 amide bonds. The number of likely N-dealkylation sites (N-methyl/N-ethyl adjacent to an activating group) is 1. The summed E-state index contributed by atoms with van der Waals surface area (Å²) in [7, 11) is 2.71. The Kier molecular flexibility index (Phi) is 4.03. The Morgan fingerprint density at radius 2 is 2.18 bits per heavy atom. The van der Waals surface area contributed by atoms with Gasteiger partial charge in [-0.2, -0.15) is 13.2 Å². The van der Waals surface area contributed by atoms with E-state index in [1.807, 2.05) is 0 Å². The minimum atomic E-state index is -4.51. The summed E-state index contributed by atoms with van der Waals surface area (Å²) in [6.45, 7) is 0.355. The molecule has 1 heterocycles. The molecule has 0 saturated carbocycles. The third kappa shape index (κ3) is 3.10. The van der Waals surface area contributed by atoms with Crippen molar-refractivity contribution in [2.24, 2.45) is 5.41 Å². The fourth-order valence-corrected chi connectivity index (χ4v) is 2.20. The average molecular weight is 255 g/mol. The molecule has 1 fully saturated rings. The van der Waals surface area contributed by atoms with Gasteiger partial charge in [0.15, 0.2) is 0 Å². The summed E-state index contributed by atoms with van der Waals surface area (Å²) in [4.78, 5) is 13.3. The largest absolute Gasteiger partial charge is 0.469 e. The number of piperidine rings is 1. The summed E-state index contributed by atoms with van der Waals surface area (Å²) in [5.74, 6) is -0.990. The average Bonchev–Trinajstić information content (AvgIpc) is 2.19. The lowest BCUT2D eigenvalue weighted by Gasteiger charge is -2.42. The predicted molar refractivity (Wildman–Crippen MR) is 53.2 cm³/mol. The molecule has 100 valence electrons. The number of carbonyl (C=O) groups is 1. The van der Waals surface area contributed by atoms with Crippen LogP contribution in [0.1, 0.15) is 12.8 Å². The van der Waals surface area contributed by atoms with E-state index in [-0.39, 0.29) is 13.0 Å². The van der Waals surface area contributed by atoms with Gasteiger partial charge in [-0.15, -0.1) is 0 Å². The van der Waals surface area contributed by atoms with Crippen LogP contribution in [0.15, 0.2) is 0 Å². The van der Waals surface area contributed by atoms with E-state index in [9.17, 15) is 23.1 Å². The number of esters is 1. The number of methoxy groups -OCH3 is 1. The molecule has 2 atom stereocenters. The van der Waals surface area contributed by atoms with Crippen LogP contribution in [-0.2, 0) is 9.53 Å². The maximum Gasteiger partial charge on any atom is 0.390 e. The fraction of sp³-hybridized carbons (Fsp3) is 0.900. The normalized spacial score (nSPS) is 31.3. The van der Waals surface area contributed by atoms with Gasteiger partial charge < -0.3 is 14.7 Å². The maximum absolute atomic E-state index is 12.5. The molecule has 0 aromatic rings. The van der Waals surface area contributed by atoms with E-state index in [0.717, 1.165) is 7.11 Å². The Labute approximate surface area is 97.3 Å². The number of rotatable bonds is 2. The van der Waals surface area contributed by atoms with E-state index in [0.29, 0.717) is 6.54 Å². The minimum Gasteiger partial charge on any atom is -0.469 e. The molecule has 0 aromatic heterocycles. The van der Waals surface area contributed by atoms with Crippen LogP contribution in [0.25, 0.3) is 0 Å². The lowest BCUT2D eigenvalue weighted by Crippen LogP contribution is -2.55. The lowest BCUT2D eigenvalue weighted by molar-refractivity contribution is -0.202. The molecule has 1 saturated heterocycles. The number of aliphatic hydroxyl groups is 1. The molecule has 2 unspecified atom stereocenters. The molecule has 0 bridgehead atoms. The van der Waals surface area contributed by atoms with Gasteiger partial charge in [0.2, 0.25) is 0 Å². The third-order valence-corrected chi connectivity index (χ3v) is 3.17. The second-order valence-electron chi connectivity index (χ2n) is 4.47. The van der Waals surface area contributed by atoms with E-state index < -0.39 is 30.1 Å². The molecule has 17 heavy (non-hydrogen) atoms. The Morgan fingerprint density at radius 1 is 1.59 bits per heavy atom. The molecule has 0 aliphatic carbocycles. The molecular formula is C10H16F3NO3. The van der Waals surface area contributed by atoms with Gasteiger partial charge in [-0.25, -0.2) is 0 Å². The first kappa shape index (κ1) is 14.2. The van der Waals surface area contributed by atoms with Crippen molar-refractivity contribution >= 4 is 5.97 Å². The number of halogens is 3. The zero-order chi connectivity index (χ0) is 13.3. The molecule has 7 heteroatoms. The number of nitrogens with zero attached hydrogens (tertiary/aromatic N) is 1. The van der Waals surface area contributed by atoms with Gasteiger partial charge in [-0.3, -0.25) is 4.79 Å². The van der Waals surface area contributed by atoms with Gasteiger partial charge in [-0.1, -0.05) is 0 Å². The summed E-state index contributed by atoms with van der Waals surface area (Å²) < 4.78 is 42.0. The second-order valence-corrected chi connectivity index (χ2v) is 4.47. The van der Waals surface area contributed by atoms with Gasteiger partial charge in [0, 0.05) is 6.54 Å². The number of likely N-dealkylation sites (tertiary alicyclic amines) is 1. The van der Waals surface area contributed by atoms with Crippen LogP contribution < -0.4 is 0 Å². The smallest absolute Gasteiger partial charge is 0.390 e. The molecule has 0 aromatic carbocycles. The number of carbonyl (C=O) groups excluding carboxylic acids is 1. The van der Waals surface area contributed by atoms with Crippen LogP contribution in [0.4, 0.5) is 13.2 Å². The van der Waals surface area contributed by atoms with Gasteiger partial charge in [-0.05, 0) is 20.0 Å². The molecular weight excluding hydrogens is 239 g/mol. The zero-order valence-corrected chi connectivity index (χ0v) is 9.75. The van der Waals surface area contributed by atoms with Crippen LogP contribution in [0.5, 0.6) is 0 Å². The van der Waals surface area contributed by atoms with Gasteiger partial charge >= 0.3 is 12.1 Å². The summed E-state index contributed by atoms with van der Waals surface area (Å²) in [6, 6.07) is 0. The van der Waals surface area contributed by atoms with Gasteiger partial charge in [0.05, 0.1) is 19.6 Å². The summed E-state index contributed by atoms with van der Waals surface area (Å²) in [6.07, 6.45) is -7.28. The molecule has 4 nitrogen and oxygen atoms in total. The third-order valence-electron chi connectivity index (χ3n) is 3.17. The van der Waals surface area contributed by atoms with Crippen LogP contribution in [0, 0.1) is 5.41 Å². The lowest BCUT2D eigenvalue weighted by atomic mass is 9.73. The van der Waals surface area contributed by atoms with Crippen LogP contribution in [0.3, 0.4) is 0 Å². The van der Waals surface area contributed by atoms with Crippen molar-refractivity contribution in [1.29, 1.82) is 0 Å². The van der Waals surface area contributed by atoms with Gasteiger partial charge in [0.25, 0.3) is 0 Å². The number of ether oxygens (including phenoxy) is 1. The molecule has 1 N–H and O–H groups in total. The van der Waals surface area contributed by atoms with Crippen molar-refractivity contribution in [3.8, 4) is 0 Å². The van der Waals surface area contributed by atoms with Gasteiger partial charge in [0.1, 0.15) is 5.41 Å². The van der Waals surface area contributed by atoms with E-state index >= 15 is 0 Å². The molecule has 1 aliphatic rings. The first-order chi connectivity index (χ1) is 7.71. The molecule has 1 aliphatic heterocycles. The molecule has 1 rings (SSSR count). The minimum absolute atomic E-state index is 0.0329. The quantitative estimate of drug-likeness (QED) is 0.741. The van der Waals surface area contributed by atoms with E-state index in [2.05, 4.69) is 4.74 Å². The first-order valence-electron chi connectivity index (χ1n) is 5.23. The number of hydrogen-bond donors (Lipinski definition) is 1. The van der Waals surface area contributed by atoms with Crippen molar-refractivity contribution < 1.29 is 27.8 Å². The molecule has 0 radical (unpaired) electrons. The summed E-state index contributed by atoms with van der Waals surface area (Å²) in [5, 5.41) is 9.81. The van der Waals surface area contributed by atoms with Crippen molar-refractivity contribution in [3.63, 3.8) is 0 Å². The Hall–Kier alpha value is -0.820. The van der Waals surface area contributed by atoms with Crippen LogP contribution >= 0.6 is 0 Å². The van der Waals surface area contributed by atoms with Crippen molar-refractivity contribution in [1.82, 2.24) is 4.90 Å². The first-order valence-corrected chi connectivity index (χ1v) is 5.23. The Morgan fingerprint density at radius 3 is 2.59 bits per heavy atom. The molecule has 0 spiro atoms. The number of aliphatic hydroxyl groups excluding tert-OH is 1. The van der Waals surface area contributed by atoms with E-state index in [1.165, 1.54) is 0 Å². The fourth-order valence-electron chi connectivity index (χ4n) is 2.20. The Balaban J connectivity index is 2.98. The topological polar surface area (TPSA) is 49.8 Å². The highest BCUT2D eigenvalue weighted by Crippen LogP contribution is 2.42. The highest BCUT2D eigenvalue weighted by atomic mass is 19.4. The van der Waals surface area contributed by atoms with E-state index in [1.54, 1.807) is 11.9 Å². The standard InChI is InChI=1S/C10H16F3NO3/c1-14-4-3-9(7(15)5-14,8(16)17-2)6-10(11,12)13/h7,15H,3-6H2,1-2H3. The highest BCUT2D eigenvalue weighted by molar-refractivity contribution is 5.77. The highest BCUT2D eigenvalue weighted by Gasteiger charge is 2.54. The second kappa shape index (κ2) is 4.81. The van der Waals surface area contributed by atoms with Crippen molar-refractivity contribution in [2.75, 3.05) is 27.2 Å². The van der Waals surface area contributed by atoms with Crippen molar-refractivity contribution in [3.05, 3.63) is 0 Å². The SMILES string of the molecule is COC(=O)C1(CC(F)(F)F)CCN(C)CC1O. The van der Waals surface area contributed by atoms with Crippen LogP contribution in [-0.4, -0.2) is 55.5 Å². The monoisotopic (exact) mass is 255 g/mol. The Bertz CT molecular complexity index is 295. The summed E-state index contributed by atoms with van der Waals surface area (Å²) >= 11 is 0. The maximum atomic E-state index is 12.5. The predicted octanol–water partition coefficient (Wildman–Crippen LogP) is 0.795. The van der Waals surface area contributed by atoms with Crippen molar-refractivity contribution in [2.45, 2.75) is 25.1 Å².